The topological polar surface area (TPSA) is 67.6 Å². The Morgan fingerprint density at radius 2 is 2.11 bits per heavy atom. The zero-order valence-electron chi connectivity index (χ0n) is 10.9. The zero-order chi connectivity index (χ0) is 13.8. The fourth-order valence-corrected chi connectivity index (χ4v) is 2.39. The largest absolute Gasteiger partial charge is 0.481 e. The van der Waals surface area contributed by atoms with Gasteiger partial charge in [-0.1, -0.05) is 12.1 Å². The van der Waals surface area contributed by atoms with Crippen molar-refractivity contribution in [1.82, 2.24) is 4.90 Å². The number of carboxylic acid groups (broad SMARTS) is 1. The standard InChI is InChI=1S/C14H17N3O2/c1-16-6-7-17(10-12(9-16)14(18)19)13-5-3-2-4-11(13)8-15/h2-5,12H,6-7,9-10H2,1H3,(H,18,19). The van der Waals surface area contributed by atoms with Gasteiger partial charge in [-0.05, 0) is 19.2 Å². The number of rotatable bonds is 2. The van der Waals surface area contributed by atoms with Crippen LogP contribution in [-0.2, 0) is 4.79 Å². The Balaban J connectivity index is 2.28. The van der Waals surface area contributed by atoms with Crippen molar-refractivity contribution in [3.8, 4) is 6.07 Å². The van der Waals surface area contributed by atoms with Gasteiger partial charge in [0.2, 0.25) is 0 Å². The minimum absolute atomic E-state index is 0.431. The molecule has 5 nitrogen and oxygen atoms in total. The quantitative estimate of drug-likeness (QED) is 0.858. The summed E-state index contributed by atoms with van der Waals surface area (Å²) in [5, 5.41) is 18.4. The maximum absolute atomic E-state index is 11.3. The van der Waals surface area contributed by atoms with Crippen LogP contribution >= 0.6 is 0 Å². The molecule has 19 heavy (non-hydrogen) atoms. The summed E-state index contributed by atoms with van der Waals surface area (Å²) in [5.41, 5.74) is 1.42. The van der Waals surface area contributed by atoms with Gasteiger partial charge in [0.15, 0.2) is 0 Å². The fraction of sp³-hybridized carbons (Fsp3) is 0.429. The first-order chi connectivity index (χ1) is 9.11. The van der Waals surface area contributed by atoms with Crippen molar-refractivity contribution in [3.05, 3.63) is 29.8 Å². The van der Waals surface area contributed by atoms with Gasteiger partial charge in [0.1, 0.15) is 6.07 Å². The molecule has 1 aliphatic rings. The van der Waals surface area contributed by atoms with Crippen molar-refractivity contribution >= 4 is 11.7 Å². The van der Waals surface area contributed by atoms with E-state index in [1.54, 1.807) is 6.07 Å². The molecular formula is C14H17N3O2. The minimum Gasteiger partial charge on any atom is -0.481 e. The molecule has 2 rings (SSSR count). The molecule has 1 fully saturated rings. The van der Waals surface area contributed by atoms with E-state index in [9.17, 15) is 9.90 Å². The lowest BCUT2D eigenvalue weighted by Crippen LogP contribution is -2.34. The number of para-hydroxylation sites is 1. The Hall–Kier alpha value is -2.06. The Labute approximate surface area is 112 Å². The number of aliphatic carboxylic acids is 1. The molecule has 0 radical (unpaired) electrons. The first-order valence-corrected chi connectivity index (χ1v) is 6.27. The monoisotopic (exact) mass is 259 g/mol. The lowest BCUT2D eigenvalue weighted by Gasteiger charge is -2.25. The molecule has 1 aromatic rings. The van der Waals surface area contributed by atoms with E-state index in [2.05, 4.69) is 6.07 Å². The summed E-state index contributed by atoms with van der Waals surface area (Å²) in [4.78, 5) is 15.3. The highest BCUT2D eigenvalue weighted by Gasteiger charge is 2.27. The van der Waals surface area contributed by atoms with Gasteiger partial charge in [-0.25, -0.2) is 0 Å². The van der Waals surface area contributed by atoms with Crippen LogP contribution in [0.5, 0.6) is 0 Å². The fourth-order valence-electron chi connectivity index (χ4n) is 2.39. The SMILES string of the molecule is CN1CCN(c2ccccc2C#N)CC(C(=O)O)C1. The van der Waals surface area contributed by atoms with Gasteiger partial charge in [0.05, 0.1) is 17.2 Å². The van der Waals surface area contributed by atoms with E-state index in [1.807, 2.05) is 35.0 Å². The summed E-state index contributed by atoms with van der Waals surface area (Å²) in [6.45, 7) is 2.52. The summed E-state index contributed by atoms with van der Waals surface area (Å²) in [6.07, 6.45) is 0. The predicted molar refractivity (Wildman–Crippen MR) is 72.0 cm³/mol. The normalized spacial score (nSPS) is 20.6. The summed E-state index contributed by atoms with van der Waals surface area (Å²) in [5.74, 6) is -1.22. The van der Waals surface area contributed by atoms with Crippen LogP contribution in [0.15, 0.2) is 24.3 Å². The molecule has 1 aliphatic heterocycles. The third-order valence-corrected chi connectivity index (χ3v) is 3.44. The van der Waals surface area contributed by atoms with Crippen LogP contribution in [0.3, 0.4) is 0 Å². The highest BCUT2D eigenvalue weighted by Crippen LogP contribution is 2.22. The molecule has 0 amide bonds. The minimum atomic E-state index is -0.784. The number of carbonyl (C=O) groups is 1. The molecule has 0 saturated carbocycles. The second kappa shape index (κ2) is 5.72. The van der Waals surface area contributed by atoms with E-state index >= 15 is 0 Å². The van der Waals surface area contributed by atoms with Crippen molar-refractivity contribution in [3.63, 3.8) is 0 Å². The summed E-state index contributed by atoms with van der Waals surface area (Å²) < 4.78 is 0. The molecule has 1 N–H and O–H groups in total. The molecule has 1 atom stereocenters. The van der Waals surface area contributed by atoms with Crippen LogP contribution in [0.25, 0.3) is 0 Å². The van der Waals surface area contributed by atoms with Crippen LogP contribution < -0.4 is 4.90 Å². The average molecular weight is 259 g/mol. The van der Waals surface area contributed by atoms with E-state index in [1.165, 1.54) is 0 Å². The van der Waals surface area contributed by atoms with Gasteiger partial charge in [0.25, 0.3) is 0 Å². The van der Waals surface area contributed by atoms with E-state index < -0.39 is 11.9 Å². The van der Waals surface area contributed by atoms with Crippen LogP contribution in [0, 0.1) is 17.2 Å². The summed E-state index contributed by atoms with van der Waals surface area (Å²) >= 11 is 0. The Morgan fingerprint density at radius 3 is 2.79 bits per heavy atom. The van der Waals surface area contributed by atoms with Crippen molar-refractivity contribution in [2.45, 2.75) is 0 Å². The van der Waals surface area contributed by atoms with Crippen molar-refractivity contribution < 1.29 is 9.90 Å². The van der Waals surface area contributed by atoms with E-state index in [0.717, 1.165) is 18.8 Å². The van der Waals surface area contributed by atoms with Gasteiger partial charge in [-0.2, -0.15) is 5.26 Å². The molecule has 100 valence electrons. The van der Waals surface area contributed by atoms with Crippen molar-refractivity contribution in [1.29, 1.82) is 5.26 Å². The number of likely N-dealkylation sites (N-methyl/N-ethyl adjacent to an activating group) is 1. The van der Waals surface area contributed by atoms with Gasteiger partial charge in [0, 0.05) is 26.2 Å². The van der Waals surface area contributed by atoms with Gasteiger partial charge >= 0.3 is 5.97 Å². The third kappa shape index (κ3) is 3.04. The molecule has 1 unspecified atom stereocenters. The smallest absolute Gasteiger partial charge is 0.309 e. The maximum Gasteiger partial charge on any atom is 0.309 e. The maximum atomic E-state index is 11.3. The molecule has 1 saturated heterocycles. The van der Waals surface area contributed by atoms with Gasteiger partial charge < -0.3 is 14.9 Å². The predicted octanol–water partition coefficient (Wildman–Crippen LogP) is 1.01. The second-order valence-corrected chi connectivity index (χ2v) is 4.87. The van der Waals surface area contributed by atoms with Crippen LogP contribution in [0.4, 0.5) is 5.69 Å². The molecule has 0 spiro atoms. The summed E-state index contributed by atoms with van der Waals surface area (Å²) in [6, 6.07) is 9.50. The van der Waals surface area contributed by atoms with Crippen LogP contribution in [0.1, 0.15) is 5.56 Å². The lowest BCUT2D eigenvalue weighted by atomic mass is 10.1. The Morgan fingerprint density at radius 1 is 1.37 bits per heavy atom. The molecule has 0 bridgehead atoms. The summed E-state index contributed by atoms with van der Waals surface area (Å²) in [7, 11) is 1.93. The molecule has 5 heteroatoms. The number of carboxylic acids is 1. The first-order valence-electron chi connectivity index (χ1n) is 6.27. The average Bonchev–Trinajstić information content (AvgIpc) is 2.61. The van der Waals surface area contributed by atoms with E-state index in [-0.39, 0.29) is 0 Å². The van der Waals surface area contributed by atoms with Crippen LogP contribution in [-0.4, -0.2) is 49.2 Å². The molecule has 1 heterocycles. The Kier molecular flexibility index (Phi) is 4.03. The molecule has 0 aromatic heterocycles. The van der Waals surface area contributed by atoms with E-state index in [0.29, 0.717) is 18.7 Å². The third-order valence-electron chi connectivity index (χ3n) is 3.44. The number of anilines is 1. The Bertz CT molecular complexity index is 510. The molecular weight excluding hydrogens is 242 g/mol. The van der Waals surface area contributed by atoms with E-state index in [4.69, 9.17) is 5.26 Å². The number of hydrogen-bond donors (Lipinski definition) is 1. The molecule has 0 aliphatic carbocycles. The number of benzene rings is 1. The first kappa shape index (κ1) is 13.4. The second-order valence-electron chi connectivity index (χ2n) is 4.87. The van der Waals surface area contributed by atoms with Crippen molar-refractivity contribution in [2.24, 2.45) is 5.92 Å². The number of nitrogens with zero attached hydrogens (tertiary/aromatic N) is 3. The van der Waals surface area contributed by atoms with Crippen molar-refractivity contribution in [2.75, 3.05) is 38.1 Å². The van der Waals surface area contributed by atoms with Crippen LogP contribution in [0.2, 0.25) is 0 Å². The lowest BCUT2D eigenvalue weighted by molar-refractivity contribution is -0.141. The number of hydrogen-bond acceptors (Lipinski definition) is 4. The highest BCUT2D eigenvalue weighted by molar-refractivity contribution is 5.72. The van der Waals surface area contributed by atoms with Gasteiger partial charge in [-0.3, -0.25) is 4.79 Å². The number of nitriles is 1. The molecule has 1 aromatic carbocycles. The highest BCUT2D eigenvalue weighted by atomic mass is 16.4. The van der Waals surface area contributed by atoms with Gasteiger partial charge in [-0.15, -0.1) is 0 Å². The zero-order valence-corrected chi connectivity index (χ0v) is 10.9.